The van der Waals surface area contributed by atoms with E-state index in [1.54, 1.807) is 25.5 Å². The van der Waals surface area contributed by atoms with E-state index in [0.29, 0.717) is 12.1 Å². The summed E-state index contributed by atoms with van der Waals surface area (Å²) in [5.74, 6) is 0.635. The van der Waals surface area contributed by atoms with Gasteiger partial charge in [-0.1, -0.05) is 6.07 Å². The third kappa shape index (κ3) is 4.29. The first-order valence-corrected chi connectivity index (χ1v) is 8.72. The molecular formula is C19H24N4O3. The van der Waals surface area contributed by atoms with E-state index >= 15 is 0 Å². The van der Waals surface area contributed by atoms with E-state index in [4.69, 9.17) is 4.74 Å². The van der Waals surface area contributed by atoms with Crippen molar-refractivity contribution in [1.29, 1.82) is 0 Å². The summed E-state index contributed by atoms with van der Waals surface area (Å²) in [4.78, 5) is 30.5. The number of rotatable bonds is 4. The number of nitrogens with zero attached hydrogens (tertiary/aromatic N) is 3. The Morgan fingerprint density at radius 1 is 1.27 bits per heavy atom. The van der Waals surface area contributed by atoms with Gasteiger partial charge in [-0.2, -0.15) is 0 Å². The molecule has 2 aromatic heterocycles. The number of carbonyl (C=O) groups excluding carboxylic acids is 1. The Labute approximate surface area is 152 Å². The summed E-state index contributed by atoms with van der Waals surface area (Å²) in [7, 11) is 1.65. The first-order chi connectivity index (χ1) is 12.4. The molecule has 26 heavy (non-hydrogen) atoms. The number of carbonyl (C=O) groups is 1. The van der Waals surface area contributed by atoms with Gasteiger partial charge in [-0.15, -0.1) is 0 Å². The molecule has 0 unspecified atom stereocenters. The SMILES string of the molecule is C[C@@H]1CN(c2ccc(CNC(=O)c3ccn(C)c(=O)c3)cn2)C[C@H](C)O1. The number of hydrogen-bond acceptors (Lipinski definition) is 5. The molecule has 1 aliphatic heterocycles. The summed E-state index contributed by atoms with van der Waals surface area (Å²) in [6, 6.07) is 6.87. The van der Waals surface area contributed by atoms with Crippen molar-refractivity contribution in [2.45, 2.75) is 32.6 Å². The number of aromatic nitrogens is 2. The summed E-state index contributed by atoms with van der Waals surface area (Å²) in [5, 5.41) is 2.81. The highest BCUT2D eigenvalue weighted by molar-refractivity contribution is 5.93. The van der Waals surface area contributed by atoms with Gasteiger partial charge >= 0.3 is 0 Å². The van der Waals surface area contributed by atoms with Crippen LogP contribution in [0.2, 0.25) is 0 Å². The van der Waals surface area contributed by atoms with Crippen LogP contribution in [0.5, 0.6) is 0 Å². The number of pyridine rings is 2. The van der Waals surface area contributed by atoms with Crippen LogP contribution >= 0.6 is 0 Å². The Bertz CT molecular complexity index is 821. The van der Waals surface area contributed by atoms with Gasteiger partial charge in [0.05, 0.1) is 12.2 Å². The Kier molecular flexibility index (Phi) is 5.37. The minimum Gasteiger partial charge on any atom is -0.372 e. The highest BCUT2D eigenvalue weighted by Gasteiger charge is 2.22. The van der Waals surface area contributed by atoms with Crippen molar-refractivity contribution in [3.63, 3.8) is 0 Å². The van der Waals surface area contributed by atoms with Crippen molar-refractivity contribution in [1.82, 2.24) is 14.9 Å². The molecule has 1 amide bonds. The van der Waals surface area contributed by atoms with Crippen molar-refractivity contribution in [3.8, 4) is 0 Å². The standard InChI is InChI=1S/C19H24N4O3/c1-13-11-23(12-14(2)26-13)17-5-4-15(9-20-17)10-21-19(25)16-6-7-22(3)18(24)8-16/h4-9,13-14H,10-12H2,1-3H3,(H,21,25)/t13-,14+. The zero-order chi connectivity index (χ0) is 18.7. The molecule has 3 rings (SSSR count). The molecule has 0 saturated carbocycles. The second kappa shape index (κ2) is 7.70. The minimum atomic E-state index is -0.275. The molecule has 1 fully saturated rings. The molecule has 0 radical (unpaired) electrons. The van der Waals surface area contributed by atoms with Gasteiger partial charge in [-0.25, -0.2) is 4.98 Å². The topological polar surface area (TPSA) is 76.5 Å². The molecule has 138 valence electrons. The lowest BCUT2D eigenvalue weighted by Crippen LogP contribution is -2.45. The predicted molar refractivity (Wildman–Crippen MR) is 99.3 cm³/mol. The smallest absolute Gasteiger partial charge is 0.251 e. The lowest BCUT2D eigenvalue weighted by Gasteiger charge is -2.36. The lowest BCUT2D eigenvalue weighted by molar-refractivity contribution is -0.00546. The second-order valence-corrected chi connectivity index (χ2v) is 6.73. The molecule has 3 heterocycles. The second-order valence-electron chi connectivity index (χ2n) is 6.73. The number of morpholine rings is 1. The van der Waals surface area contributed by atoms with Gasteiger partial charge in [-0.05, 0) is 31.5 Å². The number of ether oxygens (including phenoxy) is 1. The Morgan fingerprint density at radius 2 is 2.00 bits per heavy atom. The van der Waals surface area contributed by atoms with Crippen LogP contribution in [0.15, 0.2) is 41.5 Å². The molecule has 7 nitrogen and oxygen atoms in total. The number of hydrogen-bond donors (Lipinski definition) is 1. The molecule has 0 aliphatic carbocycles. The van der Waals surface area contributed by atoms with Crippen LogP contribution in [-0.2, 0) is 18.3 Å². The van der Waals surface area contributed by atoms with Crippen LogP contribution in [0.1, 0.15) is 29.8 Å². The Morgan fingerprint density at radius 3 is 2.62 bits per heavy atom. The summed E-state index contributed by atoms with van der Waals surface area (Å²) >= 11 is 0. The van der Waals surface area contributed by atoms with E-state index in [2.05, 4.69) is 29.0 Å². The van der Waals surface area contributed by atoms with Gasteiger partial charge in [-0.3, -0.25) is 9.59 Å². The average molecular weight is 356 g/mol. The number of anilines is 1. The van der Waals surface area contributed by atoms with Gasteiger partial charge in [0.25, 0.3) is 11.5 Å². The summed E-state index contributed by atoms with van der Waals surface area (Å²) in [6.07, 6.45) is 3.71. The van der Waals surface area contributed by atoms with Crippen LogP contribution < -0.4 is 15.8 Å². The van der Waals surface area contributed by atoms with E-state index in [0.717, 1.165) is 24.5 Å². The first kappa shape index (κ1) is 18.1. The van der Waals surface area contributed by atoms with E-state index in [1.807, 2.05) is 12.1 Å². The highest BCUT2D eigenvalue weighted by atomic mass is 16.5. The molecule has 1 saturated heterocycles. The van der Waals surface area contributed by atoms with Gasteiger partial charge in [0.15, 0.2) is 0 Å². The molecule has 0 spiro atoms. The maximum Gasteiger partial charge on any atom is 0.251 e. The molecular weight excluding hydrogens is 332 g/mol. The van der Waals surface area contributed by atoms with Gasteiger partial charge in [0, 0.05) is 50.7 Å². The molecule has 1 N–H and O–H groups in total. The minimum absolute atomic E-state index is 0.179. The van der Waals surface area contributed by atoms with Crippen molar-refractivity contribution in [3.05, 3.63) is 58.1 Å². The molecule has 7 heteroatoms. The largest absolute Gasteiger partial charge is 0.372 e. The van der Waals surface area contributed by atoms with Crippen LogP contribution in [0, 0.1) is 0 Å². The zero-order valence-corrected chi connectivity index (χ0v) is 15.3. The van der Waals surface area contributed by atoms with Crippen molar-refractivity contribution in [2.75, 3.05) is 18.0 Å². The van der Waals surface area contributed by atoms with Gasteiger partial charge in [0.1, 0.15) is 5.82 Å². The van der Waals surface area contributed by atoms with Crippen LogP contribution in [-0.4, -0.2) is 40.8 Å². The van der Waals surface area contributed by atoms with Gasteiger partial charge in [0.2, 0.25) is 0 Å². The van der Waals surface area contributed by atoms with Crippen LogP contribution in [0.3, 0.4) is 0 Å². The van der Waals surface area contributed by atoms with E-state index in [1.165, 1.54) is 10.6 Å². The maximum atomic E-state index is 12.2. The molecule has 0 aromatic carbocycles. The number of nitrogens with one attached hydrogen (secondary N) is 1. The zero-order valence-electron chi connectivity index (χ0n) is 15.3. The summed E-state index contributed by atoms with van der Waals surface area (Å²) in [6.45, 7) is 6.11. The van der Waals surface area contributed by atoms with E-state index in [9.17, 15) is 9.59 Å². The lowest BCUT2D eigenvalue weighted by atomic mass is 10.2. The van der Waals surface area contributed by atoms with Crippen molar-refractivity contribution < 1.29 is 9.53 Å². The molecule has 2 atom stereocenters. The quantitative estimate of drug-likeness (QED) is 0.894. The van der Waals surface area contributed by atoms with Crippen molar-refractivity contribution in [2.24, 2.45) is 7.05 Å². The first-order valence-electron chi connectivity index (χ1n) is 8.72. The van der Waals surface area contributed by atoms with Crippen LogP contribution in [0.25, 0.3) is 0 Å². The molecule has 2 aromatic rings. The van der Waals surface area contributed by atoms with Crippen LogP contribution in [0.4, 0.5) is 5.82 Å². The fourth-order valence-corrected chi connectivity index (χ4v) is 3.05. The predicted octanol–water partition coefficient (Wildman–Crippen LogP) is 1.32. The normalized spacial score (nSPS) is 20.0. The van der Waals surface area contributed by atoms with Gasteiger partial charge < -0.3 is 19.5 Å². The third-order valence-electron chi connectivity index (χ3n) is 4.37. The van der Waals surface area contributed by atoms with E-state index < -0.39 is 0 Å². The summed E-state index contributed by atoms with van der Waals surface area (Å²) < 4.78 is 7.17. The Balaban J connectivity index is 1.59. The highest BCUT2D eigenvalue weighted by Crippen LogP contribution is 2.18. The number of aryl methyl sites for hydroxylation is 1. The maximum absolute atomic E-state index is 12.2. The average Bonchev–Trinajstić information content (AvgIpc) is 2.61. The van der Waals surface area contributed by atoms with Crippen molar-refractivity contribution >= 4 is 11.7 Å². The molecule has 0 bridgehead atoms. The Hall–Kier alpha value is -2.67. The van der Waals surface area contributed by atoms with E-state index in [-0.39, 0.29) is 23.7 Å². The third-order valence-corrected chi connectivity index (χ3v) is 4.37. The summed E-state index contributed by atoms with van der Waals surface area (Å²) in [5.41, 5.74) is 1.05. The fraction of sp³-hybridized carbons (Fsp3) is 0.421. The monoisotopic (exact) mass is 356 g/mol. The number of amides is 1. The fourth-order valence-electron chi connectivity index (χ4n) is 3.05. The molecule has 1 aliphatic rings.